The summed E-state index contributed by atoms with van der Waals surface area (Å²) in [5.74, 6) is -5.27. The molecule has 10 heteroatoms. The minimum Gasteiger partial charge on any atom is -0.471 e. The van der Waals surface area contributed by atoms with Gasteiger partial charge in [-0.3, -0.25) is 9.59 Å². The Kier molecular flexibility index (Phi) is 5.22. The first-order valence-electron chi connectivity index (χ1n) is 8.83. The lowest BCUT2D eigenvalue weighted by molar-refractivity contribution is -0.148. The molecule has 1 aliphatic carbocycles. The van der Waals surface area contributed by atoms with Gasteiger partial charge in [0.25, 0.3) is 0 Å². The lowest BCUT2D eigenvalue weighted by Gasteiger charge is -2.34. The summed E-state index contributed by atoms with van der Waals surface area (Å²) in [6.07, 6.45) is 1.26. The molecule has 0 radical (unpaired) electrons. The SMILES string of the molecule is Cc1cc(C(C)N2CC3(C(=N)C=O)C=CC3C2=O)cnc1OCC(F)(F)C(F)F. The van der Waals surface area contributed by atoms with Crippen LogP contribution in [0.1, 0.15) is 24.1 Å². The van der Waals surface area contributed by atoms with Crippen LogP contribution >= 0.6 is 0 Å². The van der Waals surface area contributed by atoms with Crippen molar-refractivity contribution < 1.29 is 31.9 Å². The Morgan fingerprint density at radius 1 is 1.52 bits per heavy atom. The van der Waals surface area contributed by atoms with Crippen LogP contribution in [0.2, 0.25) is 0 Å². The van der Waals surface area contributed by atoms with Crippen molar-refractivity contribution >= 4 is 17.9 Å². The predicted molar refractivity (Wildman–Crippen MR) is 94.4 cm³/mol. The Labute approximate surface area is 164 Å². The van der Waals surface area contributed by atoms with E-state index in [-0.39, 0.29) is 24.0 Å². The van der Waals surface area contributed by atoms with Gasteiger partial charge in [0.05, 0.1) is 23.1 Å². The Morgan fingerprint density at radius 2 is 2.21 bits per heavy atom. The second kappa shape index (κ2) is 7.23. The quantitative estimate of drug-likeness (QED) is 0.307. The maximum atomic E-state index is 13.0. The van der Waals surface area contributed by atoms with E-state index in [9.17, 15) is 27.2 Å². The number of nitrogens with one attached hydrogen (secondary N) is 1. The second-order valence-electron chi connectivity index (χ2n) is 7.29. The molecule has 156 valence electrons. The number of rotatable bonds is 8. The van der Waals surface area contributed by atoms with Crippen molar-refractivity contribution in [2.75, 3.05) is 13.2 Å². The number of alkyl halides is 4. The summed E-state index contributed by atoms with van der Waals surface area (Å²) in [5, 5.41) is 7.89. The van der Waals surface area contributed by atoms with E-state index >= 15 is 0 Å². The van der Waals surface area contributed by atoms with Gasteiger partial charge < -0.3 is 15.0 Å². The summed E-state index contributed by atoms with van der Waals surface area (Å²) < 4.78 is 55.3. The first-order valence-corrected chi connectivity index (χ1v) is 8.83. The second-order valence-corrected chi connectivity index (χ2v) is 7.29. The zero-order valence-electron chi connectivity index (χ0n) is 15.7. The van der Waals surface area contributed by atoms with E-state index in [2.05, 4.69) is 4.98 Å². The molecule has 3 unspecified atom stereocenters. The third kappa shape index (κ3) is 3.40. The van der Waals surface area contributed by atoms with Crippen molar-refractivity contribution in [1.29, 1.82) is 5.41 Å². The smallest absolute Gasteiger partial charge is 0.340 e. The molecule has 1 amide bonds. The van der Waals surface area contributed by atoms with E-state index in [1.54, 1.807) is 25.1 Å². The summed E-state index contributed by atoms with van der Waals surface area (Å²) in [4.78, 5) is 29.2. The van der Waals surface area contributed by atoms with E-state index in [1.165, 1.54) is 18.0 Å². The topological polar surface area (TPSA) is 83.4 Å². The Bertz CT molecular complexity index is 889. The summed E-state index contributed by atoms with van der Waals surface area (Å²) in [5.41, 5.74) is -0.147. The zero-order chi connectivity index (χ0) is 21.6. The minimum absolute atomic E-state index is 0.161. The van der Waals surface area contributed by atoms with Gasteiger partial charge in [0.1, 0.15) is 0 Å². The van der Waals surface area contributed by atoms with Gasteiger partial charge in [-0.25, -0.2) is 13.8 Å². The highest BCUT2D eigenvalue weighted by atomic mass is 19.3. The van der Waals surface area contributed by atoms with Crippen LogP contribution < -0.4 is 4.74 Å². The summed E-state index contributed by atoms with van der Waals surface area (Å²) >= 11 is 0. The van der Waals surface area contributed by atoms with Crippen LogP contribution in [0.3, 0.4) is 0 Å². The molecule has 2 heterocycles. The minimum atomic E-state index is -4.29. The molecule has 1 saturated heterocycles. The van der Waals surface area contributed by atoms with Crippen LogP contribution in [0.4, 0.5) is 17.6 Å². The molecule has 3 rings (SSSR count). The van der Waals surface area contributed by atoms with Crippen molar-refractivity contribution in [1.82, 2.24) is 9.88 Å². The summed E-state index contributed by atoms with van der Waals surface area (Å²) in [6.45, 7) is 1.94. The number of likely N-dealkylation sites (tertiary alicyclic amines) is 1. The van der Waals surface area contributed by atoms with Gasteiger partial charge in [-0.2, -0.15) is 8.78 Å². The van der Waals surface area contributed by atoms with Crippen molar-refractivity contribution in [3.05, 3.63) is 35.5 Å². The molecule has 0 bridgehead atoms. The Hall–Kier alpha value is -2.78. The molecule has 1 fully saturated rings. The summed E-state index contributed by atoms with van der Waals surface area (Å²) in [6, 6.07) is 1.11. The average Bonchev–Trinajstić information content (AvgIpc) is 2.85. The maximum Gasteiger partial charge on any atom is 0.340 e. The lowest BCUT2D eigenvalue weighted by atomic mass is 9.66. The number of aryl methyl sites for hydroxylation is 1. The fraction of sp³-hybridized carbons (Fsp3) is 0.474. The fourth-order valence-corrected chi connectivity index (χ4v) is 3.57. The summed E-state index contributed by atoms with van der Waals surface area (Å²) in [7, 11) is 0. The fourth-order valence-electron chi connectivity index (χ4n) is 3.57. The molecule has 1 aromatic heterocycles. The molecule has 2 aliphatic rings. The Balaban J connectivity index is 1.75. The van der Waals surface area contributed by atoms with Crippen LogP contribution in [-0.4, -0.2) is 53.3 Å². The van der Waals surface area contributed by atoms with Gasteiger partial charge in [-0.05, 0) is 25.5 Å². The molecule has 1 N–H and O–H groups in total. The van der Waals surface area contributed by atoms with Crippen LogP contribution in [0, 0.1) is 23.7 Å². The number of nitrogens with zero attached hydrogens (tertiary/aromatic N) is 2. The highest BCUT2D eigenvalue weighted by Crippen LogP contribution is 2.49. The molecule has 0 aromatic carbocycles. The van der Waals surface area contributed by atoms with E-state index in [1.807, 2.05) is 0 Å². The average molecular weight is 413 g/mol. The zero-order valence-corrected chi connectivity index (χ0v) is 15.7. The number of pyridine rings is 1. The number of amides is 1. The number of carbonyl (C=O) groups excluding carboxylic acids is 2. The highest BCUT2D eigenvalue weighted by Gasteiger charge is 2.57. The normalized spacial score (nSPS) is 24.3. The molecule has 6 nitrogen and oxygen atoms in total. The van der Waals surface area contributed by atoms with Crippen molar-refractivity contribution in [2.24, 2.45) is 11.3 Å². The van der Waals surface area contributed by atoms with E-state index < -0.39 is 36.3 Å². The van der Waals surface area contributed by atoms with Gasteiger partial charge in [0.15, 0.2) is 12.9 Å². The number of hydrogen-bond donors (Lipinski definition) is 1. The van der Waals surface area contributed by atoms with E-state index in [0.717, 1.165) is 0 Å². The largest absolute Gasteiger partial charge is 0.471 e. The number of ether oxygens (including phenoxy) is 1. The predicted octanol–water partition coefficient (Wildman–Crippen LogP) is 2.96. The number of carbonyl (C=O) groups is 2. The van der Waals surface area contributed by atoms with Crippen molar-refractivity contribution in [3.63, 3.8) is 0 Å². The third-order valence-corrected chi connectivity index (χ3v) is 5.46. The number of fused-ring (bicyclic) bond motifs is 1. The molecule has 3 atom stereocenters. The van der Waals surface area contributed by atoms with Crippen LogP contribution in [0.5, 0.6) is 5.88 Å². The standard InChI is InChI=1S/C19H19F4N3O3/c1-10-5-12(6-25-15(10)29-9-19(22,23)17(20)21)11(2)26-8-18(14(24)7-27)4-3-13(18)16(26)28/h3-7,11,13,17,24H,8-9H2,1-2H3. The first-order chi connectivity index (χ1) is 13.5. The van der Waals surface area contributed by atoms with Gasteiger partial charge in [0.2, 0.25) is 11.8 Å². The molecule has 0 saturated carbocycles. The molecule has 1 aliphatic heterocycles. The first kappa shape index (κ1) is 20.9. The third-order valence-electron chi connectivity index (χ3n) is 5.46. The molecular weight excluding hydrogens is 394 g/mol. The van der Waals surface area contributed by atoms with Gasteiger partial charge in [-0.15, -0.1) is 0 Å². The molecular formula is C19H19F4N3O3. The van der Waals surface area contributed by atoms with Gasteiger partial charge >= 0.3 is 12.3 Å². The van der Waals surface area contributed by atoms with Crippen LogP contribution in [0.15, 0.2) is 24.4 Å². The number of aromatic nitrogens is 1. The van der Waals surface area contributed by atoms with Crippen molar-refractivity contribution in [2.45, 2.75) is 32.2 Å². The number of aldehydes is 1. The monoisotopic (exact) mass is 413 g/mol. The van der Waals surface area contributed by atoms with Gasteiger partial charge in [0, 0.05) is 18.3 Å². The van der Waals surface area contributed by atoms with E-state index in [4.69, 9.17) is 10.1 Å². The molecule has 1 aromatic rings. The Morgan fingerprint density at radius 3 is 2.72 bits per heavy atom. The maximum absolute atomic E-state index is 13.0. The van der Waals surface area contributed by atoms with Gasteiger partial charge in [-0.1, -0.05) is 12.2 Å². The molecule has 29 heavy (non-hydrogen) atoms. The van der Waals surface area contributed by atoms with Crippen LogP contribution in [0.25, 0.3) is 0 Å². The lowest BCUT2D eigenvalue weighted by Crippen LogP contribution is -2.42. The number of halogens is 4. The van der Waals surface area contributed by atoms with Crippen molar-refractivity contribution in [3.8, 4) is 5.88 Å². The van der Waals surface area contributed by atoms with E-state index in [0.29, 0.717) is 17.4 Å². The highest BCUT2D eigenvalue weighted by molar-refractivity contribution is 6.32. The number of hydrogen-bond acceptors (Lipinski definition) is 5. The molecule has 0 spiro atoms. The van der Waals surface area contributed by atoms with Crippen LogP contribution in [-0.2, 0) is 9.59 Å².